The van der Waals surface area contributed by atoms with Crippen molar-refractivity contribution in [3.63, 3.8) is 0 Å². The Bertz CT molecular complexity index is 393. The van der Waals surface area contributed by atoms with Gasteiger partial charge in [-0.2, -0.15) is 0 Å². The molecule has 1 aliphatic rings. The summed E-state index contributed by atoms with van der Waals surface area (Å²) in [6, 6.07) is 5.61. The standard InChI is InChI=1S/C15H22O3/c1-10(16)11-3-5-12(6-4-11)13-7-8-14(17)15(9-13)18-2/h7-12,16-17H,3-6H2,1-2H3. The van der Waals surface area contributed by atoms with E-state index in [0.29, 0.717) is 17.6 Å². The molecule has 0 saturated heterocycles. The van der Waals surface area contributed by atoms with E-state index in [2.05, 4.69) is 0 Å². The zero-order valence-corrected chi connectivity index (χ0v) is 11.1. The number of rotatable bonds is 3. The van der Waals surface area contributed by atoms with Crippen molar-refractivity contribution in [2.75, 3.05) is 7.11 Å². The Hall–Kier alpha value is -1.22. The highest BCUT2D eigenvalue weighted by molar-refractivity contribution is 5.42. The maximum Gasteiger partial charge on any atom is 0.160 e. The van der Waals surface area contributed by atoms with E-state index in [1.807, 2.05) is 19.1 Å². The van der Waals surface area contributed by atoms with Gasteiger partial charge in [0.15, 0.2) is 11.5 Å². The number of hydrogen-bond donors (Lipinski definition) is 2. The topological polar surface area (TPSA) is 49.7 Å². The molecule has 3 heteroatoms. The van der Waals surface area contributed by atoms with Crippen LogP contribution < -0.4 is 4.74 Å². The molecular formula is C15H22O3. The Kier molecular flexibility index (Phi) is 4.12. The molecule has 1 unspecified atom stereocenters. The molecule has 1 aromatic carbocycles. The van der Waals surface area contributed by atoms with Crippen LogP contribution in [0.2, 0.25) is 0 Å². The lowest BCUT2D eigenvalue weighted by Gasteiger charge is -2.30. The molecule has 0 heterocycles. The minimum absolute atomic E-state index is 0.193. The number of benzene rings is 1. The Morgan fingerprint density at radius 3 is 2.44 bits per heavy atom. The molecule has 1 aromatic rings. The predicted molar refractivity (Wildman–Crippen MR) is 71.0 cm³/mol. The van der Waals surface area contributed by atoms with Gasteiger partial charge in [-0.25, -0.2) is 0 Å². The van der Waals surface area contributed by atoms with Crippen molar-refractivity contribution in [1.82, 2.24) is 0 Å². The molecule has 1 aliphatic carbocycles. The molecule has 1 fully saturated rings. The number of aliphatic hydroxyl groups is 1. The van der Waals surface area contributed by atoms with Gasteiger partial charge < -0.3 is 14.9 Å². The van der Waals surface area contributed by atoms with Gasteiger partial charge in [-0.05, 0) is 62.1 Å². The quantitative estimate of drug-likeness (QED) is 0.866. The number of phenols is 1. The van der Waals surface area contributed by atoms with Crippen LogP contribution in [0.4, 0.5) is 0 Å². The maximum atomic E-state index is 9.60. The number of ether oxygens (including phenoxy) is 1. The predicted octanol–water partition coefficient (Wildman–Crippen LogP) is 3.06. The smallest absolute Gasteiger partial charge is 0.160 e. The monoisotopic (exact) mass is 250 g/mol. The van der Waals surface area contributed by atoms with E-state index in [1.165, 1.54) is 5.56 Å². The van der Waals surface area contributed by atoms with E-state index >= 15 is 0 Å². The number of phenolic OH excluding ortho intramolecular Hbond substituents is 1. The van der Waals surface area contributed by atoms with Crippen molar-refractivity contribution in [2.24, 2.45) is 5.92 Å². The zero-order valence-electron chi connectivity index (χ0n) is 11.1. The number of aliphatic hydroxyl groups excluding tert-OH is 1. The van der Waals surface area contributed by atoms with E-state index in [0.717, 1.165) is 25.7 Å². The lowest BCUT2D eigenvalue weighted by Crippen LogP contribution is -2.22. The first-order valence-corrected chi connectivity index (χ1v) is 6.66. The van der Waals surface area contributed by atoms with Crippen LogP contribution in [0.15, 0.2) is 18.2 Å². The first-order valence-electron chi connectivity index (χ1n) is 6.66. The van der Waals surface area contributed by atoms with Crippen LogP contribution in [0, 0.1) is 5.92 Å². The van der Waals surface area contributed by atoms with Crippen molar-refractivity contribution in [3.05, 3.63) is 23.8 Å². The number of hydrogen-bond acceptors (Lipinski definition) is 3. The van der Waals surface area contributed by atoms with Crippen LogP contribution in [-0.2, 0) is 0 Å². The third kappa shape index (κ3) is 2.78. The third-order valence-corrected chi connectivity index (χ3v) is 4.13. The fraction of sp³-hybridized carbons (Fsp3) is 0.600. The summed E-state index contributed by atoms with van der Waals surface area (Å²) >= 11 is 0. The second-order valence-corrected chi connectivity index (χ2v) is 5.28. The van der Waals surface area contributed by atoms with Gasteiger partial charge in [0, 0.05) is 0 Å². The first kappa shape index (κ1) is 13.2. The summed E-state index contributed by atoms with van der Waals surface area (Å²) in [4.78, 5) is 0. The fourth-order valence-electron chi connectivity index (χ4n) is 2.88. The Morgan fingerprint density at radius 2 is 1.89 bits per heavy atom. The molecule has 2 N–H and O–H groups in total. The second kappa shape index (κ2) is 5.61. The number of aromatic hydroxyl groups is 1. The lowest BCUT2D eigenvalue weighted by molar-refractivity contribution is 0.0967. The van der Waals surface area contributed by atoms with Crippen molar-refractivity contribution in [2.45, 2.75) is 44.6 Å². The average molecular weight is 250 g/mol. The molecule has 0 aromatic heterocycles. The molecular weight excluding hydrogens is 228 g/mol. The number of methoxy groups -OCH3 is 1. The van der Waals surface area contributed by atoms with Crippen LogP contribution >= 0.6 is 0 Å². The molecule has 18 heavy (non-hydrogen) atoms. The van der Waals surface area contributed by atoms with E-state index in [-0.39, 0.29) is 11.9 Å². The Balaban J connectivity index is 2.05. The molecule has 0 bridgehead atoms. The lowest BCUT2D eigenvalue weighted by atomic mass is 9.77. The summed E-state index contributed by atoms with van der Waals surface area (Å²) in [5, 5.41) is 19.2. The highest BCUT2D eigenvalue weighted by Crippen LogP contribution is 2.39. The van der Waals surface area contributed by atoms with E-state index < -0.39 is 0 Å². The van der Waals surface area contributed by atoms with E-state index in [1.54, 1.807) is 13.2 Å². The van der Waals surface area contributed by atoms with Crippen molar-refractivity contribution in [3.8, 4) is 11.5 Å². The summed E-state index contributed by atoms with van der Waals surface area (Å²) < 4.78 is 5.15. The Labute approximate surface area is 108 Å². The van der Waals surface area contributed by atoms with Gasteiger partial charge in [-0.1, -0.05) is 6.07 Å². The molecule has 1 atom stereocenters. The van der Waals surface area contributed by atoms with Gasteiger partial charge in [0.2, 0.25) is 0 Å². The Morgan fingerprint density at radius 1 is 1.22 bits per heavy atom. The molecule has 0 radical (unpaired) electrons. The zero-order chi connectivity index (χ0) is 13.1. The normalized spacial score (nSPS) is 25.7. The van der Waals surface area contributed by atoms with Crippen LogP contribution in [0.5, 0.6) is 11.5 Å². The van der Waals surface area contributed by atoms with E-state index in [9.17, 15) is 10.2 Å². The van der Waals surface area contributed by atoms with Gasteiger partial charge >= 0.3 is 0 Å². The van der Waals surface area contributed by atoms with Gasteiger partial charge in [-0.3, -0.25) is 0 Å². The summed E-state index contributed by atoms with van der Waals surface area (Å²) in [6.07, 6.45) is 4.16. The molecule has 0 spiro atoms. The second-order valence-electron chi connectivity index (χ2n) is 5.28. The highest BCUT2D eigenvalue weighted by Gasteiger charge is 2.25. The summed E-state index contributed by atoms with van der Waals surface area (Å²) in [6.45, 7) is 1.88. The van der Waals surface area contributed by atoms with E-state index in [4.69, 9.17) is 4.74 Å². The molecule has 1 saturated carbocycles. The minimum atomic E-state index is -0.194. The van der Waals surface area contributed by atoms with Crippen LogP contribution in [0.1, 0.15) is 44.1 Å². The van der Waals surface area contributed by atoms with Gasteiger partial charge in [0.1, 0.15) is 0 Å². The van der Waals surface area contributed by atoms with Gasteiger partial charge in [0.25, 0.3) is 0 Å². The SMILES string of the molecule is COc1cc(C2CCC(C(C)O)CC2)ccc1O. The van der Waals surface area contributed by atoms with Crippen LogP contribution in [-0.4, -0.2) is 23.4 Å². The van der Waals surface area contributed by atoms with Crippen molar-refractivity contribution in [1.29, 1.82) is 0 Å². The molecule has 100 valence electrons. The molecule has 3 nitrogen and oxygen atoms in total. The van der Waals surface area contributed by atoms with Crippen LogP contribution in [0.3, 0.4) is 0 Å². The van der Waals surface area contributed by atoms with Gasteiger partial charge in [0.05, 0.1) is 13.2 Å². The summed E-state index contributed by atoms with van der Waals surface area (Å²) in [7, 11) is 1.57. The fourth-order valence-corrected chi connectivity index (χ4v) is 2.88. The largest absolute Gasteiger partial charge is 0.504 e. The minimum Gasteiger partial charge on any atom is -0.504 e. The molecule has 2 rings (SSSR count). The van der Waals surface area contributed by atoms with Gasteiger partial charge in [-0.15, -0.1) is 0 Å². The average Bonchev–Trinajstić information content (AvgIpc) is 2.39. The first-order chi connectivity index (χ1) is 8.61. The van der Waals surface area contributed by atoms with Crippen molar-refractivity contribution < 1.29 is 14.9 Å². The third-order valence-electron chi connectivity index (χ3n) is 4.13. The summed E-state index contributed by atoms with van der Waals surface area (Å²) in [5.41, 5.74) is 1.23. The van der Waals surface area contributed by atoms with Crippen LogP contribution in [0.25, 0.3) is 0 Å². The molecule has 0 amide bonds. The summed E-state index contributed by atoms with van der Waals surface area (Å²) in [5.74, 6) is 1.71. The van der Waals surface area contributed by atoms with Crippen molar-refractivity contribution >= 4 is 0 Å². The highest BCUT2D eigenvalue weighted by atomic mass is 16.5. The molecule has 0 aliphatic heterocycles. The maximum absolute atomic E-state index is 9.60.